The molecule has 2 amide bonds. The van der Waals surface area contributed by atoms with E-state index in [1.54, 1.807) is 24.3 Å². The van der Waals surface area contributed by atoms with Crippen LogP contribution in [-0.2, 0) is 4.79 Å². The molecule has 0 aliphatic heterocycles. The largest absolute Gasteiger partial charge is 0.497 e. The molecule has 0 aliphatic rings. The number of carbonyl (C=O) groups is 2. The molecule has 0 heterocycles. The van der Waals surface area contributed by atoms with Gasteiger partial charge in [0.05, 0.1) is 7.11 Å². The van der Waals surface area contributed by atoms with Crippen molar-refractivity contribution >= 4 is 17.7 Å². The Morgan fingerprint density at radius 1 is 1.35 bits per heavy atom. The van der Waals surface area contributed by atoms with Crippen LogP contribution in [0.15, 0.2) is 24.3 Å². The van der Waals surface area contributed by atoms with Crippen molar-refractivity contribution in [3.63, 3.8) is 0 Å². The Hall–Kier alpha value is -2.24. The number of rotatable bonds is 6. The second kappa shape index (κ2) is 7.37. The lowest BCUT2D eigenvalue weighted by Crippen LogP contribution is -2.43. The van der Waals surface area contributed by atoms with Gasteiger partial charge in [-0.1, -0.05) is 19.9 Å². The van der Waals surface area contributed by atoms with E-state index in [-0.39, 0.29) is 5.92 Å². The van der Waals surface area contributed by atoms with Crippen molar-refractivity contribution in [3.05, 3.63) is 24.3 Å². The second-order valence-corrected chi connectivity index (χ2v) is 4.85. The standard InChI is InChI=1S/C14H20N2O4/c1-9(2)7-12(13(17)18)16-14(19)15-10-5-4-6-11(8-10)20-3/h4-6,8-9,12H,7H2,1-3H3,(H,17,18)(H2,15,16,19). The Labute approximate surface area is 118 Å². The maximum absolute atomic E-state index is 11.8. The molecule has 1 aromatic rings. The average Bonchev–Trinajstić information content (AvgIpc) is 2.37. The summed E-state index contributed by atoms with van der Waals surface area (Å²) in [7, 11) is 1.53. The first-order valence-electron chi connectivity index (χ1n) is 6.36. The molecule has 0 saturated carbocycles. The highest BCUT2D eigenvalue weighted by Gasteiger charge is 2.20. The molecule has 110 valence electrons. The minimum atomic E-state index is -1.04. The van der Waals surface area contributed by atoms with Crippen LogP contribution in [0.2, 0.25) is 0 Å². The topological polar surface area (TPSA) is 87.7 Å². The van der Waals surface area contributed by atoms with Crippen LogP contribution < -0.4 is 15.4 Å². The van der Waals surface area contributed by atoms with E-state index in [0.717, 1.165) is 0 Å². The van der Waals surface area contributed by atoms with Gasteiger partial charge in [-0.2, -0.15) is 0 Å². The maximum atomic E-state index is 11.8. The zero-order valence-corrected chi connectivity index (χ0v) is 11.8. The first kappa shape index (κ1) is 15.8. The highest BCUT2D eigenvalue weighted by atomic mass is 16.5. The van der Waals surface area contributed by atoms with Crippen LogP contribution in [0.3, 0.4) is 0 Å². The average molecular weight is 280 g/mol. The fourth-order valence-corrected chi connectivity index (χ4v) is 1.72. The Balaban J connectivity index is 2.63. The van der Waals surface area contributed by atoms with E-state index in [9.17, 15) is 9.59 Å². The van der Waals surface area contributed by atoms with Crippen molar-refractivity contribution in [3.8, 4) is 5.75 Å². The van der Waals surface area contributed by atoms with Crippen molar-refractivity contribution in [1.82, 2.24) is 5.32 Å². The van der Waals surface area contributed by atoms with Crippen molar-refractivity contribution < 1.29 is 19.4 Å². The number of carbonyl (C=O) groups excluding carboxylic acids is 1. The summed E-state index contributed by atoms with van der Waals surface area (Å²) in [5.41, 5.74) is 0.538. The number of hydrogen-bond acceptors (Lipinski definition) is 3. The lowest BCUT2D eigenvalue weighted by atomic mass is 10.0. The molecule has 6 nitrogen and oxygen atoms in total. The lowest BCUT2D eigenvalue weighted by Gasteiger charge is -2.17. The van der Waals surface area contributed by atoms with Crippen molar-refractivity contribution in [2.24, 2.45) is 5.92 Å². The van der Waals surface area contributed by atoms with Gasteiger partial charge >= 0.3 is 12.0 Å². The van der Waals surface area contributed by atoms with Crippen LogP contribution in [0.5, 0.6) is 5.75 Å². The molecule has 1 unspecified atom stereocenters. The second-order valence-electron chi connectivity index (χ2n) is 4.85. The van der Waals surface area contributed by atoms with Gasteiger partial charge in [0.25, 0.3) is 0 Å². The van der Waals surface area contributed by atoms with E-state index in [4.69, 9.17) is 9.84 Å². The molecular weight excluding hydrogens is 260 g/mol. The molecule has 0 aromatic heterocycles. The Bertz CT molecular complexity index is 474. The number of benzene rings is 1. The highest BCUT2D eigenvalue weighted by Crippen LogP contribution is 2.16. The van der Waals surface area contributed by atoms with Crippen LogP contribution in [0.25, 0.3) is 0 Å². The molecule has 1 rings (SSSR count). The summed E-state index contributed by atoms with van der Waals surface area (Å²) in [5.74, 6) is -0.257. The number of carboxylic acids is 1. The summed E-state index contributed by atoms with van der Waals surface area (Å²) < 4.78 is 5.04. The molecule has 0 aliphatic carbocycles. The number of hydrogen-bond donors (Lipinski definition) is 3. The van der Waals surface area contributed by atoms with Gasteiger partial charge in [-0.25, -0.2) is 9.59 Å². The number of amides is 2. The Kier molecular flexibility index (Phi) is 5.83. The lowest BCUT2D eigenvalue weighted by molar-refractivity contribution is -0.139. The third-order valence-electron chi connectivity index (χ3n) is 2.64. The number of carboxylic acid groups (broad SMARTS) is 1. The molecular formula is C14H20N2O4. The van der Waals surface area contributed by atoms with Gasteiger partial charge in [-0.3, -0.25) is 0 Å². The van der Waals surface area contributed by atoms with Crippen molar-refractivity contribution in [2.75, 3.05) is 12.4 Å². The van der Waals surface area contributed by atoms with Gasteiger partial charge in [0.15, 0.2) is 0 Å². The van der Waals surface area contributed by atoms with E-state index in [1.807, 2.05) is 13.8 Å². The predicted molar refractivity (Wildman–Crippen MR) is 76.0 cm³/mol. The fourth-order valence-electron chi connectivity index (χ4n) is 1.72. The van der Waals surface area contributed by atoms with E-state index in [2.05, 4.69) is 10.6 Å². The van der Waals surface area contributed by atoms with Gasteiger partial charge < -0.3 is 20.5 Å². The van der Waals surface area contributed by atoms with Crippen molar-refractivity contribution in [2.45, 2.75) is 26.3 Å². The van der Waals surface area contributed by atoms with Gasteiger partial charge in [-0.05, 0) is 24.5 Å². The smallest absolute Gasteiger partial charge is 0.326 e. The van der Waals surface area contributed by atoms with Gasteiger partial charge in [0, 0.05) is 11.8 Å². The van der Waals surface area contributed by atoms with E-state index in [0.29, 0.717) is 17.9 Å². The van der Waals surface area contributed by atoms with E-state index in [1.165, 1.54) is 7.11 Å². The van der Waals surface area contributed by atoms with Crippen LogP contribution in [0.4, 0.5) is 10.5 Å². The highest BCUT2D eigenvalue weighted by molar-refractivity contribution is 5.92. The zero-order chi connectivity index (χ0) is 15.1. The number of anilines is 1. The Morgan fingerprint density at radius 3 is 2.60 bits per heavy atom. The van der Waals surface area contributed by atoms with Crippen molar-refractivity contribution in [1.29, 1.82) is 0 Å². The molecule has 0 radical (unpaired) electrons. The SMILES string of the molecule is COc1cccc(NC(=O)NC(CC(C)C)C(=O)O)c1. The molecule has 1 aromatic carbocycles. The number of urea groups is 1. The summed E-state index contributed by atoms with van der Waals surface area (Å²) in [6.07, 6.45) is 0.376. The molecule has 0 fully saturated rings. The first-order chi connectivity index (χ1) is 9.42. The summed E-state index contributed by atoms with van der Waals surface area (Å²) in [5, 5.41) is 14.1. The monoisotopic (exact) mass is 280 g/mol. The molecule has 6 heteroatoms. The number of methoxy groups -OCH3 is 1. The molecule has 0 bridgehead atoms. The summed E-state index contributed by atoms with van der Waals surface area (Å²) in [4.78, 5) is 22.8. The molecule has 0 spiro atoms. The molecule has 20 heavy (non-hydrogen) atoms. The van der Waals surface area contributed by atoms with E-state index >= 15 is 0 Å². The molecule has 0 saturated heterocycles. The quantitative estimate of drug-likeness (QED) is 0.746. The fraction of sp³-hybridized carbons (Fsp3) is 0.429. The van der Waals surface area contributed by atoms with Crippen LogP contribution >= 0.6 is 0 Å². The Morgan fingerprint density at radius 2 is 2.05 bits per heavy atom. The van der Waals surface area contributed by atoms with Gasteiger partial charge in [0.2, 0.25) is 0 Å². The number of nitrogens with one attached hydrogen (secondary N) is 2. The van der Waals surface area contributed by atoms with Crippen LogP contribution in [0.1, 0.15) is 20.3 Å². The summed E-state index contributed by atoms with van der Waals surface area (Å²) >= 11 is 0. The molecule has 1 atom stereocenters. The minimum absolute atomic E-state index is 0.174. The number of aliphatic carboxylic acids is 1. The van der Waals surface area contributed by atoms with Gasteiger partial charge in [0.1, 0.15) is 11.8 Å². The summed E-state index contributed by atoms with van der Waals surface area (Å²) in [6, 6.07) is 5.38. The zero-order valence-electron chi connectivity index (χ0n) is 11.8. The van der Waals surface area contributed by atoms with E-state index < -0.39 is 18.0 Å². The third kappa shape index (κ3) is 5.17. The maximum Gasteiger partial charge on any atom is 0.326 e. The number of ether oxygens (including phenoxy) is 1. The summed E-state index contributed by atoms with van der Waals surface area (Å²) in [6.45, 7) is 3.80. The third-order valence-corrected chi connectivity index (χ3v) is 2.64. The van der Waals surface area contributed by atoms with Crippen LogP contribution in [0, 0.1) is 5.92 Å². The first-order valence-corrected chi connectivity index (χ1v) is 6.36. The van der Waals surface area contributed by atoms with Crippen LogP contribution in [-0.4, -0.2) is 30.3 Å². The minimum Gasteiger partial charge on any atom is -0.497 e. The van der Waals surface area contributed by atoms with Gasteiger partial charge in [-0.15, -0.1) is 0 Å². The predicted octanol–water partition coefficient (Wildman–Crippen LogP) is 2.32. The molecule has 3 N–H and O–H groups in total. The normalized spacial score (nSPS) is 11.8.